The third kappa shape index (κ3) is 5.49. The predicted octanol–water partition coefficient (Wildman–Crippen LogP) is 4.39. The van der Waals surface area contributed by atoms with Gasteiger partial charge in [0.1, 0.15) is 11.5 Å². The number of hydrogen-bond donors (Lipinski definition) is 1. The third-order valence-corrected chi connectivity index (χ3v) is 4.75. The zero-order chi connectivity index (χ0) is 16.9. The van der Waals surface area contributed by atoms with Crippen LogP contribution in [0.25, 0.3) is 0 Å². The summed E-state index contributed by atoms with van der Waals surface area (Å²) in [6.07, 6.45) is 5.60. The minimum Gasteiger partial charge on any atom is -0.496 e. The molecule has 1 aliphatic rings. The van der Waals surface area contributed by atoms with Gasteiger partial charge < -0.3 is 14.8 Å². The lowest BCUT2D eigenvalue weighted by molar-refractivity contribution is -0.0328. The van der Waals surface area contributed by atoms with Crippen molar-refractivity contribution in [3.8, 4) is 11.5 Å². The Morgan fingerprint density at radius 2 is 1.78 bits per heavy atom. The highest BCUT2D eigenvalue weighted by Gasteiger charge is 2.31. The highest BCUT2D eigenvalue weighted by Crippen LogP contribution is 2.44. The Kier molecular flexibility index (Phi) is 6.47. The first-order chi connectivity index (χ1) is 10.9. The van der Waals surface area contributed by atoms with Crippen LogP contribution in [0.3, 0.4) is 0 Å². The molecule has 23 heavy (non-hydrogen) atoms. The molecule has 0 aromatic heterocycles. The molecule has 3 nitrogen and oxygen atoms in total. The fraction of sp³-hybridized carbons (Fsp3) is 0.625. The summed E-state index contributed by atoms with van der Waals surface area (Å²) in [5.74, 6) is 0.690. The van der Waals surface area contributed by atoms with Gasteiger partial charge in [-0.3, -0.25) is 0 Å². The molecule has 0 saturated heterocycles. The number of alkyl halides is 3. The van der Waals surface area contributed by atoms with Crippen molar-refractivity contribution in [1.82, 2.24) is 5.32 Å². The van der Waals surface area contributed by atoms with Crippen molar-refractivity contribution in [3.05, 3.63) is 17.7 Å². The molecule has 130 valence electrons. The fourth-order valence-corrected chi connectivity index (χ4v) is 3.53. The van der Waals surface area contributed by atoms with Crippen LogP contribution in [0.2, 0.25) is 0 Å². The lowest BCUT2D eigenvalue weighted by atomic mass is 10.1. The van der Waals surface area contributed by atoms with Gasteiger partial charge in [0.05, 0.1) is 19.1 Å². The smallest absolute Gasteiger partial charge is 0.446 e. The van der Waals surface area contributed by atoms with Gasteiger partial charge >= 0.3 is 5.51 Å². The molecule has 0 amide bonds. The van der Waals surface area contributed by atoms with Crippen LogP contribution in [-0.4, -0.2) is 32.3 Å². The number of rotatable bonds is 7. The fourth-order valence-electron chi connectivity index (χ4n) is 2.87. The van der Waals surface area contributed by atoms with Gasteiger partial charge in [0.2, 0.25) is 0 Å². The minimum atomic E-state index is -4.36. The van der Waals surface area contributed by atoms with Crippen molar-refractivity contribution in [1.29, 1.82) is 0 Å². The van der Waals surface area contributed by atoms with E-state index in [9.17, 15) is 13.2 Å². The van der Waals surface area contributed by atoms with Gasteiger partial charge in [0.15, 0.2) is 0 Å². The van der Waals surface area contributed by atoms with Crippen molar-refractivity contribution in [2.24, 2.45) is 0 Å². The quantitative estimate of drug-likeness (QED) is 0.740. The van der Waals surface area contributed by atoms with Crippen LogP contribution >= 0.6 is 11.8 Å². The molecule has 1 aromatic carbocycles. The molecule has 1 N–H and O–H groups in total. The minimum absolute atomic E-state index is 0.0179. The van der Waals surface area contributed by atoms with E-state index < -0.39 is 5.51 Å². The molecule has 0 atom stereocenters. The molecule has 0 radical (unpaired) electrons. The average Bonchev–Trinajstić information content (AvgIpc) is 2.99. The first-order valence-corrected chi connectivity index (χ1v) is 8.48. The predicted molar refractivity (Wildman–Crippen MR) is 85.4 cm³/mol. The molecular formula is C16H22F3NO2S. The molecule has 1 aromatic rings. The summed E-state index contributed by atoms with van der Waals surface area (Å²) < 4.78 is 48.3. The molecule has 1 saturated carbocycles. The van der Waals surface area contributed by atoms with Crippen molar-refractivity contribution in [3.63, 3.8) is 0 Å². The Bertz CT molecular complexity index is 517. The van der Waals surface area contributed by atoms with E-state index in [2.05, 4.69) is 5.32 Å². The average molecular weight is 349 g/mol. The summed E-state index contributed by atoms with van der Waals surface area (Å²) in [5.41, 5.74) is -3.51. The van der Waals surface area contributed by atoms with Gasteiger partial charge in [-0.1, -0.05) is 12.8 Å². The number of benzene rings is 1. The summed E-state index contributed by atoms with van der Waals surface area (Å²) >= 11 is -0.186. The van der Waals surface area contributed by atoms with E-state index >= 15 is 0 Å². The van der Waals surface area contributed by atoms with E-state index in [0.29, 0.717) is 18.2 Å². The lowest BCUT2D eigenvalue weighted by Crippen LogP contribution is -2.28. The molecule has 0 spiro atoms. The van der Waals surface area contributed by atoms with Crippen molar-refractivity contribution < 1.29 is 22.6 Å². The van der Waals surface area contributed by atoms with Crippen molar-refractivity contribution in [2.45, 2.75) is 48.5 Å². The number of methoxy groups -OCH3 is 2. The Balaban J connectivity index is 2.08. The monoisotopic (exact) mass is 349 g/mol. The van der Waals surface area contributed by atoms with E-state index in [1.54, 1.807) is 6.07 Å². The second kappa shape index (κ2) is 8.15. The second-order valence-corrected chi connectivity index (χ2v) is 6.66. The first kappa shape index (κ1) is 18.3. The number of ether oxygens (including phenoxy) is 2. The highest BCUT2D eigenvalue weighted by molar-refractivity contribution is 8.00. The maximum atomic E-state index is 12.6. The van der Waals surface area contributed by atoms with E-state index in [-0.39, 0.29) is 22.4 Å². The summed E-state index contributed by atoms with van der Waals surface area (Å²) in [7, 11) is 2.85. The maximum absolute atomic E-state index is 12.6. The van der Waals surface area contributed by atoms with Crippen LogP contribution in [0.1, 0.15) is 31.2 Å². The highest BCUT2D eigenvalue weighted by atomic mass is 32.2. The van der Waals surface area contributed by atoms with Crippen LogP contribution in [0.5, 0.6) is 11.5 Å². The zero-order valence-electron chi connectivity index (χ0n) is 13.3. The third-order valence-electron chi connectivity index (χ3n) is 3.97. The molecule has 2 rings (SSSR count). The normalized spacial score (nSPS) is 15.9. The topological polar surface area (TPSA) is 30.5 Å². The number of hydrogen-bond acceptors (Lipinski definition) is 4. The van der Waals surface area contributed by atoms with Crippen LogP contribution in [0.15, 0.2) is 17.0 Å². The van der Waals surface area contributed by atoms with E-state index in [1.807, 2.05) is 0 Å². The Morgan fingerprint density at radius 3 is 2.35 bits per heavy atom. The van der Waals surface area contributed by atoms with Crippen LogP contribution < -0.4 is 14.8 Å². The van der Waals surface area contributed by atoms with Gasteiger partial charge in [-0.25, -0.2) is 0 Å². The maximum Gasteiger partial charge on any atom is 0.446 e. The molecule has 1 aliphatic carbocycles. The van der Waals surface area contributed by atoms with Gasteiger partial charge in [-0.05, 0) is 55.3 Å². The Hall–Kier alpha value is -1.08. The summed E-state index contributed by atoms with van der Waals surface area (Å²) in [5, 5.41) is 3.49. The Morgan fingerprint density at radius 1 is 1.13 bits per heavy atom. The van der Waals surface area contributed by atoms with Crippen molar-refractivity contribution >= 4 is 11.8 Å². The molecule has 0 bridgehead atoms. The zero-order valence-corrected chi connectivity index (χ0v) is 14.1. The lowest BCUT2D eigenvalue weighted by Gasteiger charge is -2.17. The van der Waals surface area contributed by atoms with E-state index in [4.69, 9.17) is 9.47 Å². The summed E-state index contributed by atoms with van der Waals surface area (Å²) in [4.78, 5) is 0.0179. The molecule has 0 unspecified atom stereocenters. The van der Waals surface area contributed by atoms with Gasteiger partial charge in [-0.2, -0.15) is 13.2 Å². The molecule has 7 heteroatoms. The van der Waals surface area contributed by atoms with Crippen LogP contribution in [0.4, 0.5) is 13.2 Å². The number of thioether (sulfide) groups is 1. The van der Waals surface area contributed by atoms with E-state index in [1.165, 1.54) is 46.0 Å². The van der Waals surface area contributed by atoms with Gasteiger partial charge in [0.25, 0.3) is 0 Å². The number of halogens is 3. The largest absolute Gasteiger partial charge is 0.496 e. The van der Waals surface area contributed by atoms with Gasteiger partial charge in [0, 0.05) is 6.04 Å². The second-order valence-electron chi connectivity index (χ2n) is 5.55. The number of nitrogens with one attached hydrogen (secondary N) is 1. The van der Waals surface area contributed by atoms with E-state index in [0.717, 1.165) is 12.1 Å². The summed E-state index contributed by atoms with van der Waals surface area (Å²) in [6.45, 7) is 0.774. The standard InChI is InChI=1S/C16H22F3NO2S/c1-21-13-10-15(23-16(17,18)19)14(22-2)9-11(13)7-8-20-12-5-3-4-6-12/h9-10,12,20H,3-8H2,1-2H3. The van der Waals surface area contributed by atoms with Gasteiger partial charge in [-0.15, -0.1) is 0 Å². The summed E-state index contributed by atoms with van der Waals surface area (Å²) in [6, 6.07) is 3.61. The van der Waals surface area contributed by atoms with Crippen molar-refractivity contribution in [2.75, 3.05) is 20.8 Å². The Labute approximate surface area is 138 Å². The molecular weight excluding hydrogens is 327 g/mol. The first-order valence-electron chi connectivity index (χ1n) is 7.67. The molecule has 0 aliphatic heterocycles. The molecule has 1 fully saturated rings. The van der Waals surface area contributed by atoms with Crippen LogP contribution in [-0.2, 0) is 6.42 Å². The van der Waals surface area contributed by atoms with Crippen LogP contribution in [0, 0.1) is 0 Å². The molecule has 0 heterocycles. The SMILES string of the molecule is COc1cc(SC(F)(F)F)c(OC)cc1CCNC1CCCC1.